The number of fused-ring (bicyclic) bond motifs is 5. The van der Waals surface area contributed by atoms with Crippen molar-refractivity contribution >= 4 is 0 Å². The summed E-state index contributed by atoms with van der Waals surface area (Å²) < 4.78 is 12.4. The molecule has 0 fully saturated rings. The lowest BCUT2D eigenvalue weighted by Crippen LogP contribution is -2.23. The van der Waals surface area contributed by atoms with Crippen LogP contribution >= 0.6 is 0 Å². The van der Waals surface area contributed by atoms with E-state index in [1.807, 2.05) is 7.05 Å². The fraction of sp³-hybridized carbons (Fsp3) is 0.647. The molecule has 0 amide bonds. The van der Waals surface area contributed by atoms with Crippen molar-refractivity contribution in [3.63, 3.8) is 0 Å². The van der Waals surface area contributed by atoms with Crippen LogP contribution < -0.4 is 5.32 Å². The summed E-state index contributed by atoms with van der Waals surface area (Å²) in [4.78, 5) is 0. The van der Waals surface area contributed by atoms with E-state index in [0.29, 0.717) is 12.1 Å². The highest BCUT2D eigenvalue weighted by Gasteiger charge is 2.35. The fourth-order valence-electron chi connectivity index (χ4n) is 3.92. The van der Waals surface area contributed by atoms with Gasteiger partial charge >= 0.3 is 0 Å². The molecule has 4 rings (SSSR count). The number of nitrogens with one attached hydrogen (secondary N) is 1. The molecule has 1 N–H and O–H groups in total. The Kier molecular flexibility index (Phi) is 2.74. The highest BCUT2D eigenvalue weighted by Crippen LogP contribution is 2.45. The summed E-state index contributed by atoms with van der Waals surface area (Å²) in [7, 11) is 1.88. The average Bonchev–Trinajstić information content (AvgIpc) is 2.92. The van der Waals surface area contributed by atoms with E-state index in [4.69, 9.17) is 11.6 Å². The van der Waals surface area contributed by atoms with Gasteiger partial charge in [-0.05, 0) is 17.8 Å². The van der Waals surface area contributed by atoms with Gasteiger partial charge in [-0.2, -0.15) is 10.2 Å². The fourth-order valence-corrected chi connectivity index (χ4v) is 3.92. The van der Waals surface area contributed by atoms with Crippen LogP contribution in [0.5, 0.6) is 0 Å². The molecule has 4 heterocycles. The second-order valence-electron chi connectivity index (χ2n) is 7.63. The quantitative estimate of drug-likeness (QED) is 0.813. The van der Waals surface area contributed by atoms with Gasteiger partial charge in [-0.3, -0.25) is 9.36 Å². The second-order valence-corrected chi connectivity index (χ2v) is 7.63. The SMILES string of the molecule is [2H]c1c2c(nn1C)-c1c3c(nn1CCC2C(C)(C)C)CCNC3. The molecule has 0 radical (unpaired) electrons. The van der Waals surface area contributed by atoms with E-state index in [1.54, 1.807) is 4.68 Å². The van der Waals surface area contributed by atoms with Crippen LogP contribution in [0.4, 0.5) is 0 Å². The zero-order valence-electron chi connectivity index (χ0n) is 14.9. The van der Waals surface area contributed by atoms with Crippen LogP contribution in [0.25, 0.3) is 11.4 Å². The van der Waals surface area contributed by atoms with Gasteiger partial charge in [0.05, 0.1) is 12.8 Å². The Morgan fingerprint density at radius 2 is 2.18 bits per heavy atom. The van der Waals surface area contributed by atoms with E-state index in [9.17, 15) is 0 Å². The van der Waals surface area contributed by atoms with Gasteiger partial charge in [0.15, 0.2) is 0 Å². The van der Waals surface area contributed by atoms with Gasteiger partial charge in [-0.1, -0.05) is 20.8 Å². The third-order valence-electron chi connectivity index (χ3n) is 5.01. The third-order valence-corrected chi connectivity index (χ3v) is 5.01. The Labute approximate surface area is 133 Å². The number of hydrogen-bond donors (Lipinski definition) is 1. The van der Waals surface area contributed by atoms with Crippen LogP contribution in [0, 0.1) is 5.41 Å². The third kappa shape index (κ3) is 2.02. The minimum absolute atomic E-state index is 0.107. The molecule has 0 spiro atoms. The number of hydrogen-bond acceptors (Lipinski definition) is 3. The maximum absolute atomic E-state index is 8.55. The van der Waals surface area contributed by atoms with Crippen LogP contribution in [-0.2, 0) is 26.6 Å². The molecule has 0 saturated carbocycles. The van der Waals surface area contributed by atoms with Crippen molar-refractivity contribution in [2.75, 3.05) is 6.54 Å². The minimum Gasteiger partial charge on any atom is -0.312 e. The Morgan fingerprint density at radius 1 is 1.36 bits per heavy atom. The molecule has 1 atom stereocenters. The maximum Gasteiger partial charge on any atom is 0.114 e. The zero-order chi connectivity index (χ0) is 16.4. The lowest BCUT2D eigenvalue weighted by Gasteiger charge is -2.29. The number of aromatic nitrogens is 4. The Hall–Kier alpha value is -1.62. The molecule has 5 nitrogen and oxygen atoms in total. The van der Waals surface area contributed by atoms with Crippen LogP contribution in [-0.4, -0.2) is 26.1 Å². The summed E-state index contributed by atoms with van der Waals surface area (Å²) >= 11 is 0. The summed E-state index contributed by atoms with van der Waals surface area (Å²) in [6.45, 7) is 9.54. The Bertz CT molecular complexity index is 765. The van der Waals surface area contributed by atoms with Gasteiger partial charge in [0.2, 0.25) is 0 Å². The van der Waals surface area contributed by atoms with Gasteiger partial charge in [-0.25, -0.2) is 0 Å². The van der Waals surface area contributed by atoms with Gasteiger partial charge in [0.1, 0.15) is 5.69 Å². The summed E-state index contributed by atoms with van der Waals surface area (Å²) in [6, 6.07) is 0. The molecule has 2 aromatic rings. The van der Waals surface area contributed by atoms with E-state index >= 15 is 0 Å². The Morgan fingerprint density at radius 3 is 2.95 bits per heavy atom. The van der Waals surface area contributed by atoms with Gasteiger partial charge < -0.3 is 5.32 Å². The van der Waals surface area contributed by atoms with Crippen LogP contribution in [0.2, 0.25) is 0 Å². The molecule has 0 saturated heterocycles. The molecule has 118 valence electrons. The molecular weight excluding hydrogens is 274 g/mol. The summed E-state index contributed by atoms with van der Waals surface area (Å²) in [5.41, 5.74) is 5.82. The summed E-state index contributed by atoms with van der Waals surface area (Å²) in [5, 5.41) is 13.1. The van der Waals surface area contributed by atoms with Gasteiger partial charge in [0.25, 0.3) is 0 Å². The predicted molar refractivity (Wildman–Crippen MR) is 86.7 cm³/mol. The van der Waals surface area contributed by atoms with Crippen LogP contribution in [0.3, 0.4) is 0 Å². The predicted octanol–water partition coefficient (Wildman–Crippen LogP) is 2.46. The first-order valence-electron chi connectivity index (χ1n) is 8.71. The smallest absolute Gasteiger partial charge is 0.114 e. The highest BCUT2D eigenvalue weighted by molar-refractivity contribution is 5.66. The van der Waals surface area contributed by atoms with Crippen LogP contribution in [0.15, 0.2) is 6.17 Å². The number of aryl methyl sites for hydroxylation is 2. The van der Waals surface area contributed by atoms with E-state index in [1.165, 1.54) is 11.3 Å². The lowest BCUT2D eigenvalue weighted by atomic mass is 9.75. The number of rotatable bonds is 0. The van der Waals surface area contributed by atoms with E-state index in [-0.39, 0.29) is 5.41 Å². The molecule has 0 aromatic carbocycles. The van der Waals surface area contributed by atoms with Crippen molar-refractivity contribution in [1.82, 2.24) is 24.9 Å². The van der Waals surface area contributed by atoms with E-state index in [2.05, 4.69) is 30.8 Å². The van der Waals surface area contributed by atoms with Crippen LogP contribution in [0.1, 0.15) is 51.3 Å². The van der Waals surface area contributed by atoms with Crippen molar-refractivity contribution < 1.29 is 1.37 Å². The standard InChI is InChI=1S/C17H25N5/c1-17(2,3)13-6-8-22-16(15-12(13)10-21(4)20-15)11-9-18-7-5-14(11)19-22/h10,13,18H,5-9H2,1-4H3/i10D. The molecule has 0 bridgehead atoms. The lowest BCUT2D eigenvalue weighted by molar-refractivity contribution is 0.294. The molecule has 2 aromatic heterocycles. The van der Waals surface area contributed by atoms with Gasteiger partial charge in [-0.15, -0.1) is 0 Å². The van der Waals surface area contributed by atoms with Crippen molar-refractivity contribution in [2.45, 2.75) is 52.6 Å². The highest BCUT2D eigenvalue weighted by atomic mass is 15.3. The molecule has 2 aliphatic rings. The molecule has 0 aliphatic carbocycles. The number of nitrogens with zero attached hydrogens (tertiary/aromatic N) is 4. The monoisotopic (exact) mass is 300 g/mol. The first-order valence-corrected chi connectivity index (χ1v) is 8.21. The van der Waals surface area contributed by atoms with E-state index in [0.717, 1.165) is 49.4 Å². The summed E-state index contributed by atoms with van der Waals surface area (Å²) in [5.74, 6) is 0.326. The molecule has 22 heavy (non-hydrogen) atoms. The minimum atomic E-state index is 0.107. The van der Waals surface area contributed by atoms with E-state index < -0.39 is 0 Å². The molecule has 5 heteroatoms. The van der Waals surface area contributed by atoms with Crippen molar-refractivity contribution in [3.05, 3.63) is 23.0 Å². The molecular formula is C17H25N5. The summed E-state index contributed by atoms with van der Waals surface area (Å²) in [6.07, 6.45) is 2.54. The maximum atomic E-state index is 8.55. The zero-order valence-corrected chi connectivity index (χ0v) is 13.9. The van der Waals surface area contributed by atoms with Gasteiger partial charge in [0, 0.05) is 50.4 Å². The average molecular weight is 300 g/mol. The van der Waals surface area contributed by atoms with Crippen molar-refractivity contribution in [2.24, 2.45) is 12.5 Å². The first-order chi connectivity index (χ1) is 10.9. The topological polar surface area (TPSA) is 47.7 Å². The normalized spacial score (nSPS) is 21.6. The van der Waals surface area contributed by atoms with Crippen molar-refractivity contribution in [1.29, 1.82) is 0 Å². The van der Waals surface area contributed by atoms with Crippen molar-refractivity contribution in [3.8, 4) is 11.4 Å². The Balaban J connectivity index is 1.98. The first kappa shape index (κ1) is 12.9. The molecule has 2 aliphatic heterocycles. The second kappa shape index (κ2) is 4.69. The largest absolute Gasteiger partial charge is 0.312 e. The molecule has 1 unspecified atom stereocenters.